The number of aromatic amines is 1. The summed E-state index contributed by atoms with van der Waals surface area (Å²) in [7, 11) is 0. The molecule has 0 aliphatic rings. The molecule has 1 aromatic heterocycles. The van der Waals surface area contributed by atoms with Crippen LogP contribution in [0, 0.1) is 0 Å². The van der Waals surface area contributed by atoms with Crippen LogP contribution >= 0.6 is 0 Å². The predicted molar refractivity (Wildman–Crippen MR) is 114 cm³/mol. The third-order valence-electron chi connectivity index (χ3n) is 4.21. The maximum atomic E-state index is 12.7. The minimum absolute atomic E-state index is 0.0819. The summed E-state index contributed by atoms with van der Waals surface area (Å²) in [5.74, 6) is -1.04. The molecule has 1 amide bonds. The van der Waals surface area contributed by atoms with E-state index in [4.69, 9.17) is 14.2 Å². The zero-order valence-corrected chi connectivity index (χ0v) is 18.4. The normalized spacial score (nSPS) is 12.0. The lowest BCUT2D eigenvalue weighted by Gasteiger charge is -2.24. The number of esters is 2. The minimum atomic E-state index is -0.938. The van der Waals surface area contributed by atoms with E-state index in [0.29, 0.717) is 17.7 Å². The maximum absolute atomic E-state index is 12.7. The Labute approximate surface area is 182 Å². The molecule has 1 aromatic carbocycles. The number of nitrogens with one attached hydrogen (secondary N) is 2. The highest BCUT2D eigenvalue weighted by Crippen LogP contribution is 2.15. The quantitative estimate of drug-likeness (QED) is 0.463. The van der Waals surface area contributed by atoms with Crippen molar-refractivity contribution in [2.75, 3.05) is 6.61 Å². The number of hydrogen-bond acceptors (Lipinski definition) is 6. The lowest BCUT2D eigenvalue weighted by atomic mass is 10.0. The van der Waals surface area contributed by atoms with E-state index in [-0.39, 0.29) is 19.6 Å². The van der Waals surface area contributed by atoms with E-state index in [2.05, 4.69) is 10.3 Å². The van der Waals surface area contributed by atoms with Crippen molar-refractivity contribution in [1.29, 1.82) is 0 Å². The van der Waals surface area contributed by atoms with Crippen LogP contribution in [0.3, 0.4) is 0 Å². The monoisotopic (exact) mass is 430 g/mol. The van der Waals surface area contributed by atoms with Crippen LogP contribution in [0.4, 0.5) is 4.79 Å². The summed E-state index contributed by atoms with van der Waals surface area (Å²) >= 11 is 0. The number of aryl methyl sites for hydroxylation is 1. The molecule has 2 aromatic rings. The molecule has 31 heavy (non-hydrogen) atoms. The van der Waals surface area contributed by atoms with Gasteiger partial charge in [0.05, 0.1) is 6.61 Å². The summed E-state index contributed by atoms with van der Waals surface area (Å²) in [5.41, 5.74) is 1.13. The third kappa shape index (κ3) is 8.16. The van der Waals surface area contributed by atoms with Crippen LogP contribution < -0.4 is 5.32 Å². The van der Waals surface area contributed by atoms with Crippen molar-refractivity contribution < 1.29 is 28.6 Å². The number of carbonyl (C=O) groups excluding carboxylic acids is 3. The zero-order valence-electron chi connectivity index (χ0n) is 18.4. The van der Waals surface area contributed by atoms with Gasteiger partial charge in [-0.15, -0.1) is 0 Å². The number of benzene rings is 1. The highest BCUT2D eigenvalue weighted by Gasteiger charge is 2.28. The Bertz CT molecular complexity index is 870. The molecule has 1 heterocycles. The largest absolute Gasteiger partial charge is 0.461 e. The van der Waals surface area contributed by atoms with E-state index in [1.165, 1.54) is 0 Å². The van der Waals surface area contributed by atoms with Gasteiger partial charge in [0.2, 0.25) is 0 Å². The summed E-state index contributed by atoms with van der Waals surface area (Å²) in [5, 5.41) is 2.58. The Morgan fingerprint density at radius 2 is 1.77 bits per heavy atom. The Morgan fingerprint density at radius 3 is 2.42 bits per heavy atom. The number of alkyl carbamates (subject to hydrolysis) is 1. The standard InChI is InChI=1S/C23H30N2O6/c1-5-29-21(27)19-17(13-14-24-19)11-12-18(20(26)31-23(2,3)4)25-22(28)30-15-16-9-7-6-8-10-16/h6-10,13-14,18,24H,5,11-12,15H2,1-4H3,(H,25,28)/t18-/m1/s1. The maximum Gasteiger partial charge on any atom is 0.408 e. The van der Waals surface area contributed by atoms with Crippen molar-refractivity contribution in [3.05, 3.63) is 59.4 Å². The lowest BCUT2D eigenvalue weighted by Crippen LogP contribution is -2.44. The fourth-order valence-electron chi connectivity index (χ4n) is 2.83. The average molecular weight is 431 g/mol. The molecule has 0 aliphatic carbocycles. The van der Waals surface area contributed by atoms with E-state index in [0.717, 1.165) is 5.56 Å². The molecular weight excluding hydrogens is 400 g/mol. The summed E-state index contributed by atoms with van der Waals surface area (Å²) in [4.78, 5) is 39.9. The molecule has 2 N–H and O–H groups in total. The summed E-state index contributed by atoms with van der Waals surface area (Å²) in [6.45, 7) is 7.32. The van der Waals surface area contributed by atoms with Crippen LogP contribution in [-0.2, 0) is 32.0 Å². The number of H-pyrrole nitrogens is 1. The molecule has 0 unspecified atom stereocenters. The van der Waals surface area contributed by atoms with E-state index < -0.39 is 29.7 Å². The van der Waals surface area contributed by atoms with Crippen LogP contribution in [-0.4, -0.2) is 41.3 Å². The minimum Gasteiger partial charge on any atom is -0.461 e. The summed E-state index contributed by atoms with van der Waals surface area (Å²) < 4.78 is 15.7. The van der Waals surface area contributed by atoms with Gasteiger partial charge in [0.15, 0.2) is 0 Å². The molecule has 0 saturated heterocycles. The van der Waals surface area contributed by atoms with Gasteiger partial charge < -0.3 is 24.5 Å². The second kappa shape index (κ2) is 11.2. The molecule has 1 atom stereocenters. The number of rotatable bonds is 9. The molecular formula is C23H30N2O6. The smallest absolute Gasteiger partial charge is 0.408 e. The molecule has 0 spiro atoms. The predicted octanol–water partition coefficient (Wildman–Crippen LogP) is 3.76. The SMILES string of the molecule is CCOC(=O)c1[nH]ccc1CC[C@@H](NC(=O)OCc1ccccc1)C(=O)OC(C)(C)C. The first-order valence-electron chi connectivity index (χ1n) is 10.2. The van der Waals surface area contributed by atoms with Crippen LogP contribution in [0.2, 0.25) is 0 Å². The first-order chi connectivity index (χ1) is 14.7. The van der Waals surface area contributed by atoms with Crippen molar-refractivity contribution >= 4 is 18.0 Å². The number of carbonyl (C=O) groups is 3. The van der Waals surface area contributed by atoms with E-state index in [1.807, 2.05) is 30.3 Å². The number of amides is 1. The molecule has 168 valence electrons. The highest BCUT2D eigenvalue weighted by atomic mass is 16.6. The molecule has 0 radical (unpaired) electrons. The summed E-state index contributed by atoms with van der Waals surface area (Å²) in [6.07, 6.45) is 1.48. The van der Waals surface area contributed by atoms with E-state index in [9.17, 15) is 14.4 Å². The van der Waals surface area contributed by atoms with Gasteiger partial charge in [0.1, 0.15) is 23.9 Å². The lowest BCUT2D eigenvalue weighted by molar-refractivity contribution is -0.157. The molecule has 0 aliphatic heterocycles. The fourth-order valence-corrected chi connectivity index (χ4v) is 2.83. The van der Waals surface area contributed by atoms with E-state index in [1.54, 1.807) is 40.0 Å². The van der Waals surface area contributed by atoms with Gasteiger partial charge in [-0.3, -0.25) is 0 Å². The van der Waals surface area contributed by atoms with Crippen LogP contribution in [0.5, 0.6) is 0 Å². The second-order valence-electron chi connectivity index (χ2n) is 7.93. The first kappa shape index (κ1) is 24.0. The molecule has 0 fully saturated rings. The van der Waals surface area contributed by atoms with Crippen molar-refractivity contribution in [2.24, 2.45) is 0 Å². The van der Waals surface area contributed by atoms with Gasteiger partial charge in [-0.05, 0) is 57.7 Å². The van der Waals surface area contributed by atoms with Gasteiger partial charge in [-0.25, -0.2) is 14.4 Å². The van der Waals surface area contributed by atoms with Crippen molar-refractivity contribution in [3.63, 3.8) is 0 Å². The Balaban J connectivity index is 2.03. The van der Waals surface area contributed by atoms with Crippen molar-refractivity contribution in [1.82, 2.24) is 10.3 Å². The summed E-state index contributed by atoms with van der Waals surface area (Å²) in [6, 6.07) is 10.0. The van der Waals surface area contributed by atoms with Gasteiger partial charge in [0.25, 0.3) is 0 Å². The van der Waals surface area contributed by atoms with Crippen LogP contribution in [0.1, 0.15) is 55.7 Å². The van der Waals surface area contributed by atoms with Gasteiger partial charge >= 0.3 is 18.0 Å². The third-order valence-corrected chi connectivity index (χ3v) is 4.21. The van der Waals surface area contributed by atoms with Gasteiger partial charge in [0, 0.05) is 6.20 Å². The van der Waals surface area contributed by atoms with Crippen molar-refractivity contribution in [3.8, 4) is 0 Å². The highest BCUT2D eigenvalue weighted by molar-refractivity contribution is 5.89. The van der Waals surface area contributed by atoms with Crippen LogP contribution in [0.25, 0.3) is 0 Å². The molecule has 0 saturated carbocycles. The Kier molecular flexibility index (Phi) is 8.66. The fraction of sp³-hybridized carbons (Fsp3) is 0.435. The topological polar surface area (TPSA) is 107 Å². The van der Waals surface area contributed by atoms with Gasteiger partial charge in [-0.1, -0.05) is 30.3 Å². The number of ether oxygens (including phenoxy) is 3. The second-order valence-corrected chi connectivity index (χ2v) is 7.93. The Morgan fingerprint density at radius 1 is 1.06 bits per heavy atom. The number of hydrogen-bond donors (Lipinski definition) is 2. The molecule has 8 heteroatoms. The van der Waals surface area contributed by atoms with Gasteiger partial charge in [-0.2, -0.15) is 0 Å². The molecule has 2 rings (SSSR count). The van der Waals surface area contributed by atoms with Crippen molar-refractivity contribution in [2.45, 2.75) is 58.8 Å². The average Bonchev–Trinajstić information content (AvgIpc) is 3.18. The molecule has 0 bridgehead atoms. The zero-order chi connectivity index (χ0) is 22.9. The first-order valence-corrected chi connectivity index (χ1v) is 10.2. The molecule has 8 nitrogen and oxygen atoms in total. The Hall–Kier alpha value is -3.29. The van der Waals surface area contributed by atoms with Crippen LogP contribution in [0.15, 0.2) is 42.6 Å². The number of aromatic nitrogens is 1. The van der Waals surface area contributed by atoms with E-state index >= 15 is 0 Å².